The lowest BCUT2D eigenvalue weighted by molar-refractivity contribution is 0.621. The van der Waals surface area contributed by atoms with Crippen molar-refractivity contribution in [2.45, 2.75) is 0 Å². The highest BCUT2D eigenvalue weighted by molar-refractivity contribution is 6.31. The predicted molar refractivity (Wildman–Crippen MR) is 73.9 cm³/mol. The molecule has 0 fully saturated rings. The summed E-state index contributed by atoms with van der Waals surface area (Å²) in [5.41, 5.74) is 8.34. The number of rotatable bonds is 1. The second-order valence-electron chi connectivity index (χ2n) is 3.87. The second-order valence-corrected chi connectivity index (χ2v) is 4.74. The van der Waals surface area contributed by atoms with Gasteiger partial charge in [0.1, 0.15) is 5.52 Å². The lowest BCUT2D eigenvalue weighted by Gasteiger charge is -1.95. The van der Waals surface area contributed by atoms with Crippen LogP contribution in [0.3, 0.4) is 0 Å². The fourth-order valence-electron chi connectivity index (χ4n) is 1.74. The van der Waals surface area contributed by atoms with Crippen molar-refractivity contribution in [3.8, 4) is 11.5 Å². The molecule has 2 aromatic carbocycles. The molecule has 0 amide bonds. The molecule has 18 heavy (non-hydrogen) atoms. The number of hydrogen-bond acceptors (Lipinski definition) is 3. The van der Waals surface area contributed by atoms with Gasteiger partial charge >= 0.3 is 0 Å². The number of nitrogen functional groups attached to an aromatic ring is 1. The lowest BCUT2D eigenvalue weighted by Crippen LogP contribution is -1.84. The summed E-state index contributed by atoms with van der Waals surface area (Å²) in [6, 6.07) is 10.6. The van der Waals surface area contributed by atoms with E-state index in [1.165, 1.54) is 0 Å². The first-order valence-electron chi connectivity index (χ1n) is 5.25. The van der Waals surface area contributed by atoms with Crippen molar-refractivity contribution in [1.29, 1.82) is 0 Å². The molecule has 0 bridgehead atoms. The van der Waals surface area contributed by atoms with E-state index in [0.29, 0.717) is 32.7 Å². The SMILES string of the molecule is Nc1cc(Cl)cc2nc(-c3ccc(Cl)cc3)oc12. The monoisotopic (exact) mass is 278 g/mol. The van der Waals surface area contributed by atoms with E-state index in [9.17, 15) is 0 Å². The molecule has 0 aliphatic rings. The molecule has 0 spiro atoms. The third-order valence-electron chi connectivity index (χ3n) is 2.57. The number of hydrogen-bond donors (Lipinski definition) is 1. The molecule has 3 aromatic rings. The first-order valence-corrected chi connectivity index (χ1v) is 6.00. The quantitative estimate of drug-likeness (QED) is 0.672. The van der Waals surface area contributed by atoms with Crippen LogP contribution in [0.25, 0.3) is 22.6 Å². The van der Waals surface area contributed by atoms with E-state index in [2.05, 4.69) is 4.98 Å². The minimum absolute atomic E-state index is 0.477. The highest BCUT2D eigenvalue weighted by atomic mass is 35.5. The van der Waals surface area contributed by atoms with Gasteiger partial charge < -0.3 is 10.2 Å². The van der Waals surface area contributed by atoms with Gasteiger partial charge in [0.15, 0.2) is 5.58 Å². The van der Waals surface area contributed by atoms with Crippen molar-refractivity contribution in [3.63, 3.8) is 0 Å². The Hall–Kier alpha value is -1.71. The topological polar surface area (TPSA) is 52.0 Å². The van der Waals surface area contributed by atoms with Gasteiger partial charge in [-0.05, 0) is 36.4 Å². The molecule has 2 N–H and O–H groups in total. The van der Waals surface area contributed by atoms with Gasteiger partial charge in [-0.3, -0.25) is 0 Å². The van der Waals surface area contributed by atoms with Gasteiger partial charge in [0, 0.05) is 15.6 Å². The van der Waals surface area contributed by atoms with E-state index in [4.69, 9.17) is 33.4 Å². The molecule has 90 valence electrons. The van der Waals surface area contributed by atoms with Crippen LogP contribution in [0.2, 0.25) is 10.0 Å². The number of oxazole rings is 1. The average Bonchev–Trinajstić information content (AvgIpc) is 2.74. The summed E-state index contributed by atoms with van der Waals surface area (Å²) in [4.78, 5) is 4.36. The molecule has 0 aliphatic carbocycles. The van der Waals surface area contributed by atoms with E-state index < -0.39 is 0 Å². The molecular formula is C13H8Cl2N2O. The molecule has 0 aliphatic heterocycles. The van der Waals surface area contributed by atoms with Gasteiger partial charge in [0.2, 0.25) is 5.89 Å². The zero-order valence-corrected chi connectivity index (χ0v) is 10.7. The van der Waals surface area contributed by atoms with Crippen LogP contribution in [0.15, 0.2) is 40.8 Å². The molecule has 0 saturated carbocycles. The third kappa shape index (κ3) is 1.92. The fourth-order valence-corrected chi connectivity index (χ4v) is 2.09. The van der Waals surface area contributed by atoms with E-state index in [0.717, 1.165) is 5.56 Å². The van der Waals surface area contributed by atoms with Crippen LogP contribution in [-0.2, 0) is 0 Å². The highest BCUT2D eigenvalue weighted by Crippen LogP contribution is 2.30. The minimum atomic E-state index is 0.477. The van der Waals surface area contributed by atoms with E-state index >= 15 is 0 Å². The van der Waals surface area contributed by atoms with E-state index in [-0.39, 0.29) is 0 Å². The fraction of sp³-hybridized carbons (Fsp3) is 0. The van der Waals surface area contributed by atoms with Crippen LogP contribution < -0.4 is 5.73 Å². The van der Waals surface area contributed by atoms with Crippen molar-refractivity contribution < 1.29 is 4.42 Å². The first kappa shape index (κ1) is 11.4. The maximum Gasteiger partial charge on any atom is 0.227 e. The first-order chi connectivity index (χ1) is 8.63. The van der Waals surface area contributed by atoms with Gasteiger partial charge in [-0.25, -0.2) is 4.98 Å². The Labute approximate surface area is 113 Å². The third-order valence-corrected chi connectivity index (χ3v) is 3.04. The molecule has 3 nitrogen and oxygen atoms in total. The maximum atomic E-state index is 5.92. The van der Waals surface area contributed by atoms with Crippen molar-refractivity contribution in [1.82, 2.24) is 4.98 Å². The van der Waals surface area contributed by atoms with Crippen LogP contribution in [0.5, 0.6) is 0 Å². The summed E-state index contributed by atoms with van der Waals surface area (Å²) in [6.07, 6.45) is 0. The van der Waals surface area contributed by atoms with Gasteiger partial charge in [-0.15, -0.1) is 0 Å². The average molecular weight is 279 g/mol. The Balaban J connectivity index is 2.19. The molecule has 3 rings (SSSR count). The standard InChI is InChI=1S/C13H8Cl2N2O/c14-8-3-1-7(2-4-8)13-17-11-6-9(15)5-10(16)12(11)18-13/h1-6H,16H2. The summed E-state index contributed by atoms with van der Waals surface area (Å²) in [7, 11) is 0. The largest absolute Gasteiger partial charge is 0.434 e. The Morgan fingerprint density at radius 1 is 1.00 bits per heavy atom. The molecule has 1 aromatic heterocycles. The number of halogens is 2. The number of benzene rings is 2. The molecule has 0 radical (unpaired) electrons. The molecule has 1 heterocycles. The maximum absolute atomic E-state index is 5.92. The highest BCUT2D eigenvalue weighted by Gasteiger charge is 2.11. The second kappa shape index (κ2) is 4.19. The summed E-state index contributed by atoms with van der Waals surface area (Å²) in [5, 5.41) is 1.20. The summed E-state index contributed by atoms with van der Waals surface area (Å²) < 4.78 is 5.64. The van der Waals surface area contributed by atoms with Crippen molar-refractivity contribution in [2.75, 3.05) is 5.73 Å². The smallest absolute Gasteiger partial charge is 0.227 e. The number of anilines is 1. The van der Waals surface area contributed by atoms with Crippen LogP contribution in [-0.4, -0.2) is 4.98 Å². The Bertz CT molecular complexity index is 720. The van der Waals surface area contributed by atoms with Gasteiger partial charge in [0.05, 0.1) is 5.69 Å². The minimum Gasteiger partial charge on any atom is -0.434 e. The summed E-state index contributed by atoms with van der Waals surface area (Å²) in [5.74, 6) is 0.496. The van der Waals surface area contributed by atoms with Crippen LogP contribution in [0, 0.1) is 0 Å². The number of nitrogens with zero attached hydrogens (tertiary/aromatic N) is 1. The molecule has 0 unspecified atom stereocenters. The van der Waals surface area contributed by atoms with Crippen LogP contribution >= 0.6 is 23.2 Å². The van der Waals surface area contributed by atoms with Gasteiger partial charge in [-0.2, -0.15) is 0 Å². The van der Waals surface area contributed by atoms with Crippen molar-refractivity contribution in [2.24, 2.45) is 0 Å². The van der Waals surface area contributed by atoms with E-state index in [1.54, 1.807) is 24.3 Å². The summed E-state index contributed by atoms with van der Waals surface area (Å²) in [6.45, 7) is 0. The zero-order chi connectivity index (χ0) is 12.7. The number of aromatic nitrogens is 1. The molecule has 0 saturated heterocycles. The van der Waals surface area contributed by atoms with Gasteiger partial charge in [-0.1, -0.05) is 23.2 Å². The number of fused-ring (bicyclic) bond motifs is 1. The van der Waals surface area contributed by atoms with Crippen LogP contribution in [0.4, 0.5) is 5.69 Å². The lowest BCUT2D eigenvalue weighted by atomic mass is 10.2. The summed E-state index contributed by atoms with van der Waals surface area (Å²) >= 11 is 11.8. The zero-order valence-electron chi connectivity index (χ0n) is 9.15. The Kier molecular flexibility index (Phi) is 2.65. The van der Waals surface area contributed by atoms with Crippen LogP contribution in [0.1, 0.15) is 0 Å². The molecular weight excluding hydrogens is 271 g/mol. The van der Waals surface area contributed by atoms with Crippen molar-refractivity contribution in [3.05, 3.63) is 46.4 Å². The predicted octanol–water partition coefficient (Wildman–Crippen LogP) is 4.38. The Morgan fingerprint density at radius 3 is 2.44 bits per heavy atom. The normalized spacial score (nSPS) is 11.0. The van der Waals surface area contributed by atoms with E-state index in [1.807, 2.05) is 12.1 Å². The van der Waals surface area contributed by atoms with Crippen molar-refractivity contribution >= 4 is 40.0 Å². The van der Waals surface area contributed by atoms with Gasteiger partial charge in [0.25, 0.3) is 0 Å². The molecule has 5 heteroatoms. The number of nitrogens with two attached hydrogens (primary N) is 1. The molecule has 0 atom stereocenters. The Morgan fingerprint density at radius 2 is 1.72 bits per heavy atom.